The van der Waals surface area contributed by atoms with Crippen LogP contribution in [-0.2, 0) is 0 Å². The van der Waals surface area contributed by atoms with Gasteiger partial charge in [0.1, 0.15) is 5.03 Å². The molecule has 0 spiro atoms. The van der Waals surface area contributed by atoms with Crippen molar-refractivity contribution in [3.8, 4) is 5.88 Å². The van der Waals surface area contributed by atoms with E-state index in [0.717, 1.165) is 10.8 Å². The topological polar surface area (TPSA) is 33.1 Å². The molecule has 0 saturated carbocycles. The fourth-order valence-corrected chi connectivity index (χ4v) is 1.47. The molecule has 0 radical (unpaired) electrons. The number of pyridine rings is 1. The Hall–Kier alpha value is -1.22. The molecule has 0 aliphatic heterocycles. The first-order chi connectivity index (χ1) is 5.77. The second-order valence-corrected chi connectivity index (χ2v) is 2.95. The van der Waals surface area contributed by atoms with Gasteiger partial charge in [0.25, 0.3) is 0 Å². The van der Waals surface area contributed by atoms with Gasteiger partial charge in [-0.1, -0.05) is 24.3 Å². The van der Waals surface area contributed by atoms with Gasteiger partial charge in [-0.2, -0.15) is 0 Å². The van der Waals surface area contributed by atoms with Crippen molar-refractivity contribution >= 4 is 23.4 Å². The number of hydrogen-bond donors (Lipinski definition) is 2. The van der Waals surface area contributed by atoms with Crippen molar-refractivity contribution in [2.24, 2.45) is 0 Å². The van der Waals surface area contributed by atoms with E-state index in [-0.39, 0.29) is 5.88 Å². The van der Waals surface area contributed by atoms with E-state index in [2.05, 4.69) is 17.6 Å². The number of hydrogen-bond acceptors (Lipinski definition) is 3. The highest BCUT2D eigenvalue weighted by Gasteiger charge is 1.99. The maximum absolute atomic E-state index is 9.15. The minimum Gasteiger partial charge on any atom is -0.493 e. The monoisotopic (exact) mass is 177 g/mol. The fraction of sp³-hybridized carbons (Fsp3) is 0. The number of aromatic nitrogens is 1. The molecule has 1 heterocycles. The van der Waals surface area contributed by atoms with Gasteiger partial charge in [-0.05, 0) is 5.39 Å². The molecule has 0 saturated heterocycles. The molecular formula is C9H7NOS. The van der Waals surface area contributed by atoms with E-state index in [4.69, 9.17) is 5.11 Å². The quantitative estimate of drug-likeness (QED) is 0.605. The largest absolute Gasteiger partial charge is 0.493 e. The molecule has 0 atom stereocenters. The maximum atomic E-state index is 9.15. The molecule has 0 unspecified atom stereocenters. The highest BCUT2D eigenvalue weighted by molar-refractivity contribution is 7.80. The number of fused-ring (bicyclic) bond motifs is 1. The highest BCUT2D eigenvalue weighted by atomic mass is 32.1. The van der Waals surface area contributed by atoms with Crippen LogP contribution in [0.15, 0.2) is 35.4 Å². The zero-order valence-electron chi connectivity index (χ0n) is 6.23. The van der Waals surface area contributed by atoms with Crippen LogP contribution in [0, 0.1) is 0 Å². The second kappa shape index (κ2) is 2.68. The zero-order chi connectivity index (χ0) is 8.55. The third kappa shape index (κ3) is 1.12. The van der Waals surface area contributed by atoms with E-state index in [1.807, 2.05) is 24.3 Å². The molecule has 60 valence electrons. The Labute approximate surface area is 75.3 Å². The fourth-order valence-electron chi connectivity index (χ4n) is 1.17. The minimum atomic E-state index is 0.0127. The Balaban J connectivity index is 2.89. The van der Waals surface area contributed by atoms with Gasteiger partial charge in [0.2, 0.25) is 5.88 Å². The first-order valence-corrected chi connectivity index (χ1v) is 4.00. The Kier molecular flexibility index (Phi) is 1.66. The summed E-state index contributed by atoms with van der Waals surface area (Å²) in [4.78, 5) is 3.82. The zero-order valence-corrected chi connectivity index (χ0v) is 7.12. The first kappa shape index (κ1) is 7.43. The number of aromatic hydroxyl groups is 1. The van der Waals surface area contributed by atoms with Crippen LogP contribution in [-0.4, -0.2) is 10.1 Å². The van der Waals surface area contributed by atoms with Gasteiger partial charge in [-0.15, -0.1) is 12.6 Å². The lowest BCUT2D eigenvalue weighted by Crippen LogP contribution is -1.80. The molecule has 3 heteroatoms. The van der Waals surface area contributed by atoms with Gasteiger partial charge >= 0.3 is 0 Å². The maximum Gasteiger partial charge on any atom is 0.212 e. The van der Waals surface area contributed by atoms with Crippen LogP contribution < -0.4 is 0 Å². The summed E-state index contributed by atoms with van der Waals surface area (Å²) in [5.41, 5.74) is 0. The van der Waals surface area contributed by atoms with Crippen molar-refractivity contribution in [3.05, 3.63) is 30.3 Å². The van der Waals surface area contributed by atoms with Gasteiger partial charge in [0.05, 0.1) is 0 Å². The summed E-state index contributed by atoms with van der Waals surface area (Å²) in [5.74, 6) is 0.0127. The summed E-state index contributed by atoms with van der Waals surface area (Å²) in [7, 11) is 0. The van der Waals surface area contributed by atoms with E-state index in [1.165, 1.54) is 0 Å². The molecule has 1 N–H and O–H groups in total. The van der Waals surface area contributed by atoms with E-state index in [9.17, 15) is 0 Å². The second-order valence-electron chi connectivity index (χ2n) is 2.53. The van der Waals surface area contributed by atoms with Crippen molar-refractivity contribution in [3.63, 3.8) is 0 Å². The lowest BCUT2D eigenvalue weighted by Gasteiger charge is -1.99. The predicted molar refractivity (Wildman–Crippen MR) is 50.7 cm³/mol. The van der Waals surface area contributed by atoms with Crippen LogP contribution in [0.3, 0.4) is 0 Å². The Morgan fingerprint density at radius 1 is 1.25 bits per heavy atom. The van der Waals surface area contributed by atoms with Gasteiger partial charge in [-0.25, -0.2) is 4.98 Å². The average molecular weight is 177 g/mol. The number of thiol groups is 1. The SMILES string of the molecule is Oc1cc2ccccc2c(S)n1. The Morgan fingerprint density at radius 2 is 2.00 bits per heavy atom. The number of nitrogens with zero attached hydrogens (tertiary/aromatic N) is 1. The third-order valence-electron chi connectivity index (χ3n) is 1.71. The summed E-state index contributed by atoms with van der Waals surface area (Å²) in [6.07, 6.45) is 0. The van der Waals surface area contributed by atoms with Gasteiger partial charge in [0.15, 0.2) is 0 Å². The van der Waals surface area contributed by atoms with Crippen LogP contribution in [0.25, 0.3) is 10.8 Å². The molecule has 2 rings (SSSR count). The molecule has 2 aromatic rings. The van der Waals surface area contributed by atoms with Crippen LogP contribution in [0.2, 0.25) is 0 Å². The normalized spacial score (nSPS) is 10.4. The molecule has 1 aromatic carbocycles. The summed E-state index contributed by atoms with van der Waals surface area (Å²) >= 11 is 4.15. The lowest BCUT2D eigenvalue weighted by molar-refractivity contribution is 0.450. The number of rotatable bonds is 0. The van der Waals surface area contributed by atoms with Crippen molar-refractivity contribution < 1.29 is 5.11 Å². The van der Waals surface area contributed by atoms with Crippen LogP contribution >= 0.6 is 12.6 Å². The van der Waals surface area contributed by atoms with Crippen molar-refractivity contribution in [2.75, 3.05) is 0 Å². The van der Waals surface area contributed by atoms with Crippen LogP contribution in [0.4, 0.5) is 0 Å². The summed E-state index contributed by atoms with van der Waals surface area (Å²) < 4.78 is 0. The van der Waals surface area contributed by atoms with Gasteiger partial charge in [-0.3, -0.25) is 0 Å². The molecule has 0 fully saturated rings. The molecule has 1 aromatic heterocycles. The standard InChI is InChI=1S/C9H7NOS/c11-8-5-6-3-1-2-4-7(6)9(12)10-8/h1-5H,(H2,10,11,12). The predicted octanol–water partition coefficient (Wildman–Crippen LogP) is 2.23. The van der Waals surface area contributed by atoms with Crippen LogP contribution in [0.5, 0.6) is 5.88 Å². The minimum absolute atomic E-state index is 0.0127. The molecular weight excluding hydrogens is 170 g/mol. The Bertz CT molecular complexity index is 428. The van der Waals surface area contributed by atoms with Crippen molar-refractivity contribution in [2.45, 2.75) is 5.03 Å². The molecule has 0 aliphatic carbocycles. The van der Waals surface area contributed by atoms with E-state index < -0.39 is 0 Å². The van der Waals surface area contributed by atoms with E-state index >= 15 is 0 Å². The van der Waals surface area contributed by atoms with Gasteiger partial charge < -0.3 is 5.11 Å². The van der Waals surface area contributed by atoms with E-state index in [0.29, 0.717) is 5.03 Å². The molecule has 0 amide bonds. The highest BCUT2D eigenvalue weighted by Crippen LogP contribution is 2.23. The van der Waals surface area contributed by atoms with Gasteiger partial charge in [0, 0.05) is 11.5 Å². The first-order valence-electron chi connectivity index (χ1n) is 3.55. The molecule has 0 aliphatic rings. The van der Waals surface area contributed by atoms with Crippen molar-refractivity contribution in [1.82, 2.24) is 4.98 Å². The summed E-state index contributed by atoms with van der Waals surface area (Å²) in [6.45, 7) is 0. The summed E-state index contributed by atoms with van der Waals surface area (Å²) in [6, 6.07) is 9.28. The lowest BCUT2D eigenvalue weighted by atomic mass is 10.2. The van der Waals surface area contributed by atoms with Crippen molar-refractivity contribution in [1.29, 1.82) is 0 Å². The Morgan fingerprint density at radius 3 is 2.83 bits per heavy atom. The molecule has 2 nitrogen and oxygen atoms in total. The molecule has 12 heavy (non-hydrogen) atoms. The molecule has 0 bridgehead atoms. The van der Waals surface area contributed by atoms with E-state index in [1.54, 1.807) is 6.07 Å². The summed E-state index contributed by atoms with van der Waals surface area (Å²) in [5, 5.41) is 11.6. The van der Waals surface area contributed by atoms with Crippen LogP contribution in [0.1, 0.15) is 0 Å². The smallest absolute Gasteiger partial charge is 0.212 e. The average Bonchev–Trinajstić information content (AvgIpc) is 2.04. The number of benzene rings is 1. The third-order valence-corrected chi connectivity index (χ3v) is 2.05.